The van der Waals surface area contributed by atoms with E-state index in [0.717, 1.165) is 69.5 Å². The first kappa shape index (κ1) is 67.9. The van der Waals surface area contributed by atoms with Crippen LogP contribution in [-0.2, 0) is 66.8 Å². The average Bonchev–Trinajstić information content (AvgIpc) is 3.24. The number of ether oxygens (including phenoxy) is 6. The third-order valence-corrected chi connectivity index (χ3v) is 11.7. The van der Waals surface area contributed by atoms with Crippen molar-refractivity contribution in [3.63, 3.8) is 0 Å². The van der Waals surface area contributed by atoms with Crippen LogP contribution in [0.3, 0.4) is 0 Å². The van der Waals surface area contributed by atoms with E-state index in [1.807, 2.05) is 62.3 Å². The van der Waals surface area contributed by atoms with Gasteiger partial charge in [0.1, 0.15) is 23.9 Å². The fourth-order valence-corrected chi connectivity index (χ4v) is 7.09. The average molecular weight is 1020 g/mol. The summed E-state index contributed by atoms with van der Waals surface area (Å²) in [6.45, 7) is 27.8. The summed E-state index contributed by atoms with van der Waals surface area (Å²) in [5.74, 6) is -2.54. The number of halogens is 1. The van der Waals surface area contributed by atoms with Crippen molar-refractivity contribution in [2.24, 2.45) is 27.6 Å². The van der Waals surface area contributed by atoms with Gasteiger partial charge in [0.05, 0.1) is 61.3 Å². The largest absolute Gasteiger partial charge is 0.466 e. The molecular formula is C52H93BrO14. The smallest absolute Gasteiger partial charge is 0.316 e. The van der Waals surface area contributed by atoms with Gasteiger partial charge < -0.3 is 28.4 Å². The standard InChI is InChI=1S/C26H46O7.C16H28O5.C10H19BrO2/c1-8-31-22(28)20(16-13-15-19-26(6,7)24(30)33-10-3)21(27)17-12-11-14-18-25(4,5)23(29)32-9-2;1-5-20-14(18)12-13(17)10-8-7-9-11-16(3,4)15(19)21-6-2;1-4-13-9(12)10(2,3)7-5-6-8-11/h20H,8-19H2,1-7H3;5-12H2,1-4H3;4-8H2,1-3H3. The summed E-state index contributed by atoms with van der Waals surface area (Å²) in [5, 5.41) is 1.01. The summed E-state index contributed by atoms with van der Waals surface area (Å²) >= 11 is 3.37. The first-order valence-corrected chi connectivity index (χ1v) is 26.0. The van der Waals surface area contributed by atoms with Gasteiger partial charge in [-0.25, -0.2) is 0 Å². The second-order valence-electron chi connectivity index (χ2n) is 19.2. The van der Waals surface area contributed by atoms with Crippen molar-refractivity contribution >= 4 is 63.3 Å². The van der Waals surface area contributed by atoms with Gasteiger partial charge in [-0.2, -0.15) is 0 Å². The number of ketones is 2. The van der Waals surface area contributed by atoms with Gasteiger partial charge in [-0.3, -0.25) is 38.4 Å². The van der Waals surface area contributed by atoms with Gasteiger partial charge in [0.2, 0.25) is 0 Å². The number of alkyl halides is 1. The van der Waals surface area contributed by atoms with Crippen LogP contribution in [0.15, 0.2) is 0 Å². The van der Waals surface area contributed by atoms with Crippen molar-refractivity contribution < 1.29 is 66.8 Å². The molecule has 0 fully saturated rings. The highest BCUT2D eigenvalue weighted by atomic mass is 79.9. The van der Waals surface area contributed by atoms with E-state index in [0.29, 0.717) is 78.0 Å². The van der Waals surface area contributed by atoms with E-state index in [1.54, 1.807) is 34.6 Å². The minimum Gasteiger partial charge on any atom is -0.466 e. The summed E-state index contributed by atoms with van der Waals surface area (Å²) in [4.78, 5) is 94.8. The van der Waals surface area contributed by atoms with E-state index < -0.39 is 34.1 Å². The number of esters is 6. The van der Waals surface area contributed by atoms with Crippen LogP contribution in [0.1, 0.15) is 213 Å². The quantitative estimate of drug-likeness (QED) is 0.0191. The van der Waals surface area contributed by atoms with Gasteiger partial charge in [0.15, 0.2) is 0 Å². The topological polar surface area (TPSA) is 192 Å². The second kappa shape index (κ2) is 38.5. The summed E-state index contributed by atoms with van der Waals surface area (Å²) in [6.07, 6.45) is 12.2. The number of rotatable bonds is 35. The highest BCUT2D eigenvalue weighted by Crippen LogP contribution is 2.29. The molecule has 0 aromatic rings. The lowest BCUT2D eigenvalue weighted by molar-refractivity contribution is -0.154. The van der Waals surface area contributed by atoms with Crippen molar-refractivity contribution in [2.45, 2.75) is 213 Å². The zero-order valence-corrected chi connectivity index (χ0v) is 45.9. The maximum atomic E-state index is 12.7. The molecule has 1 unspecified atom stereocenters. The molecule has 0 heterocycles. The summed E-state index contributed by atoms with van der Waals surface area (Å²) in [6, 6.07) is 0. The molecule has 0 radical (unpaired) electrons. The van der Waals surface area contributed by atoms with E-state index in [1.165, 1.54) is 0 Å². The maximum absolute atomic E-state index is 12.7. The zero-order chi connectivity index (χ0) is 52.1. The van der Waals surface area contributed by atoms with Crippen LogP contribution in [-0.4, -0.2) is 92.4 Å². The summed E-state index contributed by atoms with van der Waals surface area (Å²) in [7, 11) is 0. The molecule has 0 aliphatic rings. The first-order chi connectivity index (χ1) is 31.3. The van der Waals surface area contributed by atoms with Crippen molar-refractivity contribution in [3.05, 3.63) is 0 Å². The van der Waals surface area contributed by atoms with Crippen molar-refractivity contribution in [1.82, 2.24) is 0 Å². The fourth-order valence-electron chi connectivity index (χ4n) is 6.69. The minimum atomic E-state index is -0.758. The molecule has 14 nitrogen and oxygen atoms in total. The van der Waals surface area contributed by atoms with Gasteiger partial charge in [-0.15, -0.1) is 0 Å². The minimum absolute atomic E-state index is 0.0791. The lowest BCUT2D eigenvalue weighted by Gasteiger charge is -2.22. The van der Waals surface area contributed by atoms with Gasteiger partial charge in [0.25, 0.3) is 0 Å². The Morgan fingerprint density at radius 1 is 0.403 bits per heavy atom. The Hall–Kier alpha value is -3.36. The van der Waals surface area contributed by atoms with E-state index in [2.05, 4.69) is 15.9 Å². The van der Waals surface area contributed by atoms with Gasteiger partial charge in [-0.05, 0) is 148 Å². The van der Waals surface area contributed by atoms with Crippen molar-refractivity contribution in [2.75, 3.05) is 45.0 Å². The number of hydrogen-bond donors (Lipinski definition) is 0. The lowest BCUT2D eigenvalue weighted by atomic mass is 9.85. The molecule has 0 bridgehead atoms. The normalized spacial score (nSPS) is 11.9. The third kappa shape index (κ3) is 33.7. The first-order valence-electron chi connectivity index (χ1n) is 24.9. The monoisotopic (exact) mass is 1020 g/mol. The fraction of sp³-hybridized carbons (Fsp3) is 0.846. The van der Waals surface area contributed by atoms with E-state index in [-0.39, 0.29) is 53.9 Å². The van der Waals surface area contributed by atoms with E-state index >= 15 is 0 Å². The Balaban J connectivity index is -0.00000102. The second-order valence-corrected chi connectivity index (χ2v) is 20.0. The van der Waals surface area contributed by atoms with E-state index in [9.17, 15) is 38.4 Å². The van der Waals surface area contributed by atoms with Crippen LogP contribution in [0.2, 0.25) is 0 Å². The molecule has 0 aliphatic carbocycles. The molecule has 15 heteroatoms. The Labute approximate surface area is 413 Å². The summed E-state index contributed by atoms with van der Waals surface area (Å²) in [5.41, 5.74) is -1.93. The molecule has 0 aromatic heterocycles. The van der Waals surface area contributed by atoms with Gasteiger partial charge in [0, 0.05) is 18.2 Å². The number of Topliss-reactive ketones (excluding diaryl/α,β-unsaturated/α-hetero) is 2. The summed E-state index contributed by atoms with van der Waals surface area (Å²) < 4.78 is 30.1. The molecule has 392 valence electrons. The number of carbonyl (C=O) groups is 8. The molecule has 0 aliphatic heterocycles. The van der Waals surface area contributed by atoms with E-state index in [4.69, 9.17) is 28.4 Å². The SMILES string of the molecule is CCOC(=O)C(C)(C)CCCCBr.CCOC(=O)C(CCCCC(C)(C)C(=O)OCC)C(=O)CCCCCC(C)(C)C(=O)OCC.CCOC(=O)CC(=O)CCCCCC(C)(C)C(=O)OCC. The molecule has 0 rings (SSSR count). The predicted octanol–water partition coefficient (Wildman–Crippen LogP) is 11.6. The molecule has 0 N–H and O–H groups in total. The van der Waals surface area contributed by atoms with Crippen LogP contribution < -0.4 is 0 Å². The van der Waals surface area contributed by atoms with Crippen LogP contribution in [0, 0.1) is 27.6 Å². The number of hydrogen-bond acceptors (Lipinski definition) is 14. The lowest BCUT2D eigenvalue weighted by Crippen LogP contribution is -2.28. The van der Waals surface area contributed by atoms with Crippen LogP contribution >= 0.6 is 15.9 Å². The van der Waals surface area contributed by atoms with Crippen LogP contribution in [0.5, 0.6) is 0 Å². The molecule has 67 heavy (non-hydrogen) atoms. The molecule has 0 aromatic carbocycles. The molecule has 0 saturated heterocycles. The molecule has 1 atom stereocenters. The predicted molar refractivity (Wildman–Crippen MR) is 265 cm³/mol. The molecular weight excluding hydrogens is 928 g/mol. The van der Waals surface area contributed by atoms with Gasteiger partial charge in [-0.1, -0.05) is 60.9 Å². The number of unbranched alkanes of at least 4 members (excludes halogenated alkanes) is 6. The molecule has 0 saturated carbocycles. The van der Waals surface area contributed by atoms with Gasteiger partial charge >= 0.3 is 35.8 Å². The maximum Gasteiger partial charge on any atom is 0.316 e. The van der Waals surface area contributed by atoms with Crippen molar-refractivity contribution in [3.8, 4) is 0 Å². The Kier molecular flexibility index (Phi) is 39.0. The Morgan fingerprint density at radius 3 is 1.07 bits per heavy atom. The van der Waals surface area contributed by atoms with Crippen LogP contribution in [0.4, 0.5) is 0 Å². The van der Waals surface area contributed by atoms with Crippen molar-refractivity contribution in [1.29, 1.82) is 0 Å². The van der Waals surface area contributed by atoms with Crippen LogP contribution in [0.25, 0.3) is 0 Å². The highest BCUT2D eigenvalue weighted by Gasteiger charge is 2.32. The Morgan fingerprint density at radius 2 is 0.731 bits per heavy atom. The zero-order valence-electron chi connectivity index (χ0n) is 44.3. The highest BCUT2D eigenvalue weighted by molar-refractivity contribution is 9.09. The molecule has 0 spiro atoms. The third-order valence-electron chi connectivity index (χ3n) is 11.1. The Bertz CT molecular complexity index is 1440. The number of carbonyl (C=O) groups excluding carboxylic acids is 8. The molecule has 0 amide bonds.